The van der Waals surface area contributed by atoms with Gasteiger partial charge in [0.15, 0.2) is 5.82 Å². The van der Waals surface area contributed by atoms with Crippen LogP contribution < -0.4 is 5.32 Å². The van der Waals surface area contributed by atoms with Gasteiger partial charge in [-0.05, 0) is 6.92 Å². The molecule has 7 nitrogen and oxygen atoms in total. The molecule has 1 atom stereocenters. The molecule has 112 valence electrons. The van der Waals surface area contributed by atoms with E-state index < -0.39 is 0 Å². The quantitative estimate of drug-likeness (QED) is 0.932. The van der Waals surface area contributed by atoms with E-state index in [1.54, 1.807) is 10.9 Å². The summed E-state index contributed by atoms with van der Waals surface area (Å²) in [6, 6.07) is -0.307. The van der Waals surface area contributed by atoms with Crippen LogP contribution in [0.5, 0.6) is 0 Å². The molecule has 0 saturated heterocycles. The van der Waals surface area contributed by atoms with Gasteiger partial charge in [-0.1, -0.05) is 25.4 Å². The number of amides is 1. The van der Waals surface area contributed by atoms with E-state index in [4.69, 9.17) is 11.6 Å². The minimum absolute atomic E-state index is 0.116. The lowest BCUT2D eigenvalue weighted by molar-refractivity contribution is 0.0932. The van der Waals surface area contributed by atoms with E-state index in [9.17, 15) is 4.79 Å². The number of aromatic nitrogens is 5. The van der Waals surface area contributed by atoms with Gasteiger partial charge in [-0.15, -0.1) is 10.2 Å². The number of nitrogens with one attached hydrogen (secondary N) is 1. The van der Waals surface area contributed by atoms with Crippen LogP contribution >= 0.6 is 11.6 Å². The third-order valence-electron chi connectivity index (χ3n) is 2.98. The zero-order valence-corrected chi connectivity index (χ0v) is 13.1. The molecule has 0 aliphatic heterocycles. The zero-order valence-electron chi connectivity index (χ0n) is 12.3. The molecule has 1 unspecified atom stereocenters. The van der Waals surface area contributed by atoms with Crippen LogP contribution in [0, 0.1) is 0 Å². The standard InChI is InChI=1S/C13H17ClN6O/c1-7(2)11-15-5-9(14)10(18-11)13(21)17-8(3)12-19-16-6-20(12)4/h5-8H,1-4H3,(H,17,21). The molecule has 8 heteroatoms. The number of hydrogen-bond acceptors (Lipinski definition) is 5. The SMILES string of the molecule is CC(C)c1ncc(Cl)c(C(=O)NC(C)c2nncn2C)n1. The van der Waals surface area contributed by atoms with Crippen LogP contribution in [0.4, 0.5) is 0 Å². The maximum Gasteiger partial charge on any atom is 0.272 e. The first-order valence-electron chi connectivity index (χ1n) is 6.57. The smallest absolute Gasteiger partial charge is 0.272 e. The fourth-order valence-electron chi connectivity index (χ4n) is 1.83. The van der Waals surface area contributed by atoms with E-state index in [0.717, 1.165) is 0 Å². The minimum atomic E-state index is -0.361. The van der Waals surface area contributed by atoms with E-state index in [0.29, 0.717) is 11.6 Å². The average molecular weight is 309 g/mol. The second-order valence-corrected chi connectivity index (χ2v) is 5.48. The Labute approximate surface area is 127 Å². The second kappa shape index (κ2) is 6.17. The summed E-state index contributed by atoms with van der Waals surface area (Å²) in [4.78, 5) is 20.7. The lowest BCUT2D eigenvalue weighted by Crippen LogP contribution is -2.29. The van der Waals surface area contributed by atoms with Crippen LogP contribution in [0.3, 0.4) is 0 Å². The van der Waals surface area contributed by atoms with Crippen molar-refractivity contribution in [3.8, 4) is 0 Å². The van der Waals surface area contributed by atoms with Crippen LogP contribution in [-0.4, -0.2) is 30.6 Å². The predicted molar refractivity (Wildman–Crippen MR) is 78.0 cm³/mol. The Bertz CT molecular complexity index is 654. The lowest BCUT2D eigenvalue weighted by atomic mass is 10.2. The number of halogens is 1. The molecular formula is C13H17ClN6O. The maximum atomic E-state index is 12.3. The van der Waals surface area contributed by atoms with E-state index >= 15 is 0 Å². The number of hydrogen-bond donors (Lipinski definition) is 1. The first-order chi connectivity index (χ1) is 9.90. The third kappa shape index (κ3) is 3.36. The summed E-state index contributed by atoms with van der Waals surface area (Å²) in [7, 11) is 1.81. The van der Waals surface area contributed by atoms with Gasteiger partial charge in [-0.25, -0.2) is 9.97 Å². The number of aryl methyl sites for hydroxylation is 1. The van der Waals surface area contributed by atoms with E-state index in [2.05, 4.69) is 25.5 Å². The number of carbonyl (C=O) groups is 1. The van der Waals surface area contributed by atoms with E-state index in [1.165, 1.54) is 6.20 Å². The average Bonchev–Trinajstić information content (AvgIpc) is 2.85. The van der Waals surface area contributed by atoms with Crippen molar-refractivity contribution in [1.82, 2.24) is 30.0 Å². The Kier molecular flexibility index (Phi) is 4.52. The first-order valence-corrected chi connectivity index (χ1v) is 6.95. The topological polar surface area (TPSA) is 85.6 Å². The molecule has 0 radical (unpaired) electrons. The summed E-state index contributed by atoms with van der Waals surface area (Å²) < 4.78 is 1.74. The monoisotopic (exact) mass is 308 g/mol. The summed E-state index contributed by atoms with van der Waals surface area (Å²) in [6.45, 7) is 5.72. The Balaban J connectivity index is 2.20. The van der Waals surface area contributed by atoms with Gasteiger partial charge in [0.25, 0.3) is 5.91 Å². The first kappa shape index (κ1) is 15.4. The van der Waals surface area contributed by atoms with Crippen molar-refractivity contribution in [3.05, 3.63) is 34.9 Å². The maximum absolute atomic E-state index is 12.3. The van der Waals surface area contributed by atoms with Crippen molar-refractivity contribution in [2.75, 3.05) is 0 Å². The van der Waals surface area contributed by atoms with Crippen molar-refractivity contribution in [2.45, 2.75) is 32.7 Å². The van der Waals surface area contributed by atoms with Crippen molar-refractivity contribution in [2.24, 2.45) is 7.05 Å². The molecule has 0 aliphatic carbocycles. The molecule has 2 rings (SSSR count). The highest BCUT2D eigenvalue weighted by molar-refractivity contribution is 6.33. The van der Waals surface area contributed by atoms with Gasteiger partial charge in [-0.2, -0.15) is 0 Å². The van der Waals surface area contributed by atoms with Gasteiger partial charge in [-0.3, -0.25) is 4.79 Å². The van der Waals surface area contributed by atoms with E-state index in [1.807, 2.05) is 27.8 Å². The molecule has 2 heterocycles. The van der Waals surface area contributed by atoms with Gasteiger partial charge in [0.1, 0.15) is 17.8 Å². The minimum Gasteiger partial charge on any atom is -0.341 e. The summed E-state index contributed by atoms with van der Waals surface area (Å²) in [5, 5.41) is 10.8. The van der Waals surface area contributed by atoms with Crippen LogP contribution in [0.25, 0.3) is 0 Å². The molecular weight excluding hydrogens is 292 g/mol. The van der Waals surface area contributed by atoms with E-state index in [-0.39, 0.29) is 28.6 Å². The van der Waals surface area contributed by atoms with Gasteiger partial charge < -0.3 is 9.88 Å². The molecule has 2 aromatic rings. The van der Waals surface area contributed by atoms with Crippen LogP contribution in [0.1, 0.15) is 54.9 Å². The Morgan fingerprint density at radius 1 is 1.38 bits per heavy atom. The lowest BCUT2D eigenvalue weighted by Gasteiger charge is -2.14. The number of rotatable bonds is 4. The highest BCUT2D eigenvalue weighted by Gasteiger charge is 2.20. The fraction of sp³-hybridized carbons (Fsp3) is 0.462. The second-order valence-electron chi connectivity index (χ2n) is 5.07. The molecule has 2 aromatic heterocycles. The molecule has 21 heavy (non-hydrogen) atoms. The summed E-state index contributed by atoms with van der Waals surface area (Å²) in [6.07, 6.45) is 3.03. The molecule has 0 fully saturated rings. The van der Waals surface area contributed by atoms with Gasteiger partial charge >= 0.3 is 0 Å². The normalized spacial score (nSPS) is 12.5. The summed E-state index contributed by atoms with van der Waals surface area (Å²) in [5.74, 6) is 0.984. The Morgan fingerprint density at radius 3 is 2.67 bits per heavy atom. The van der Waals surface area contributed by atoms with Crippen molar-refractivity contribution in [3.63, 3.8) is 0 Å². The number of carbonyl (C=O) groups excluding carboxylic acids is 1. The molecule has 0 aromatic carbocycles. The van der Waals surface area contributed by atoms with Crippen LogP contribution in [-0.2, 0) is 7.05 Å². The van der Waals surface area contributed by atoms with Gasteiger partial charge in [0.2, 0.25) is 0 Å². The van der Waals surface area contributed by atoms with Crippen molar-refractivity contribution in [1.29, 1.82) is 0 Å². The summed E-state index contributed by atoms with van der Waals surface area (Å²) >= 11 is 6.02. The molecule has 0 spiro atoms. The van der Waals surface area contributed by atoms with Gasteiger partial charge in [0.05, 0.1) is 17.3 Å². The van der Waals surface area contributed by atoms with Crippen molar-refractivity contribution >= 4 is 17.5 Å². The van der Waals surface area contributed by atoms with Crippen LogP contribution in [0.2, 0.25) is 5.02 Å². The zero-order chi connectivity index (χ0) is 15.6. The van der Waals surface area contributed by atoms with Crippen molar-refractivity contribution < 1.29 is 4.79 Å². The fourth-order valence-corrected chi connectivity index (χ4v) is 2.01. The molecule has 0 aliphatic rings. The molecule has 1 N–H and O–H groups in total. The largest absolute Gasteiger partial charge is 0.341 e. The molecule has 0 saturated carbocycles. The highest BCUT2D eigenvalue weighted by Crippen LogP contribution is 2.17. The highest BCUT2D eigenvalue weighted by atomic mass is 35.5. The molecule has 1 amide bonds. The summed E-state index contributed by atoms with van der Waals surface area (Å²) in [5.41, 5.74) is 0.171. The third-order valence-corrected chi connectivity index (χ3v) is 3.25. The Hall–Kier alpha value is -2.02. The van der Waals surface area contributed by atoms with Gasteiger partial charge in [0, 0.05) is 13.0 Å². The van der Waals surface area contributed by atoms with Crippen LogP contribution in [0.15, 0.2) is 12.5 Å². The number of nitrogens with zero attached hydrogens (tertiary/aromatic N) is 5. The Morgan fingerprint density at radius 2 is 2.10 bits per heavy atom. The predicted octanol–water partition coefficient (Wildman–Crippen LogP) is 1.87. The molecule has 0 bridgehead atoms.